The quantitative estimate of drug-likeness (QED) is 0.558. The molecule has 0 aliphatic carbocycles. The molecule has 2 N–H and O–H groups in total. The van der Waals surface area contributed by atoms with Crippen LogP contribution in [0, 0.1) is 0 Å². The van der Waals surface area contributed by atoms with E-state index < -0.39 is 0 Å². The summed E-state index contributed by atoms with van der Waals surface area (Å²) >= 11 is 0. The molecule has 1 saturated heterocycles. The lowest BCUT2D eigenvalue weighted by atomic mass is 10.1. The number of piperidine rings is 1. The van der Waals surface area contributed by atoms with Gasteiger partial charge in [0.15, 0.2) is 5.65 Å². The standard InChI is InChI=1S/C23H30N6O/c1-17(2)20-15-25-29-22(24-14-18-7-4-3-5-8-18)13-21(27-23(20)29)26-19-9-6-10-28(16-19)11-12-30/h3-5,7-8,12-13,15,17,19,24H,6,9-11,14,16H2,1-2H3,(H,26,27). The molecule has 0 radical (unpaired) electrons. The zero-order valence-electron chi connectivity index (χ0n) is 17.7. The lowest BCUT2D eigenvalue weighted by Crippen LogP contribution is -2.42. The first-order chi connectivity index (χ1) is 14.6. The maximum atomic E-state index is 10.9. The second-order valence-electron chi connectivity index (χ2n) is 8.27. The molecule has 1 fully saturated rings. The van der Waals surface area contributed by atoms with E-state index in [9.17, 15) is 4.79 Å². The fourth-order valence-corrected chi connectivity index (χ4v) is 4.03. The van der Waals surface area contributed by atoms with Crippen molar-refractivity contribution < 1.29 is 4.79 Å². The molecule has 30 heavy (non-hydrogen) atoms. The van der Waals surface area contributed by atoms with Crippen molar-refractivity contribution in [1.29, 1.82) is 0 Å². The van der Waals surface area contributed by atoms with E-state index in [1.807, 2.05) is 35.0 Å². The molecule has 1 aliphatic heterocycles. The van der Waals surface area contributed by atoms with Gasteiger partial charge in [0.05, 0.1) is 12.7 Å². The third kappa shape index (κ3) is 4.62. The smallest absolute Gasteiger partial charge is 0.163 e. The van der Waals surface area contributed by atoms with E-state index >= 15 is 0 Å². The second-order valence-corrected chi connectivity index (χ2v) is 8.27. The lowest BCUT2D eigenvalue weighted by molar-refractivity contribution is -0.109. The zero-order chi connectivity index (χ0) is 20.9. The Hall–Kier alpha value is -2.93. The number of benzene rings is 1. The molecule has 1 atom stereocenters. The predicted octanol–water partition coefficient (Wildman–Crippen LogP) is 3.54. The molecule has 0 amide bonds. The van der Waals surface area contributed by atoms with Crippen LogP contribution < -0.4 is 10.6 Å². The van der Waals surface area contributed by atoms with Crippen LogP contribution >= 0.6 is 0 Å². The summed E-state index contributed by atoms with van der Waals surface area (Å²) in [5.74, 6) is 2.10. The Balaban J connectivity index is 1.60. The SMILES string of the molecule is CC(C)c1cnn2c(NCc3ccccc3)cc(NC3CCCN(CC=O)C3)nc12. The fourth-order valence-electron chi connectivity index (χ4n) is 4.03. The highest BCUT2D eigenvalue weighted by Crippen LogP contribution is 2.25. The molecule has 1 unspecified atom stereocenters. The van der Waals surface area contributed by atoms with Crippen molar-refractivity contribution in [3.05, 3.63) is 53.7 Å². The molecule has 7 heteroatoms. The van der Waals surface area contributed by atoms with Crippen LogP contribution in [0.25, 0.3) is 5.65 Å². The molecule has 3 heterocycles. The molecular weight excluding hydrogens is 376 g/mol. The average Bonchev–Trinajstić information content (AvgIpc) is 3.18. The number of hydrogen-bond donors (Lipinski definition) is 2. The maximum Gasteiger partial charge on any atom is 0.163 e. The largest absolute Gasteiger partial charge is 0.366 e. The van der Waals surface area contributed by atoms with Gasteiger partial charge in [-0.3, -0.25) is 4.90 Å². The van der Waals surface area contributed by atoms with Gasteiger partial charge in [-0.1, -0.05) is 44.2 Å². The van der Waals surface area contributed by atoms with Gasteiger partial charge in [0, 0.05) is 30.8 Å². The molecule has 4 rings (SSSR count). The van der Waals surface area contributed by atoms with Crippen molar-refractivity contribution in [1.82, 2.24) is 19.5 Å². The number of fused-ring (bicyclic) bond motifs is 1. The summed E-state index contributed by atoms with van der Waals surface area (Å²) in [7, 11) is 0. The van der Waals surface area contributed by atoms with Gasteiger partial charge < -0.3 is 15.4 Å². The van der Waals surface area contributed by atoms with Crippen LogP contribution in [0.5, 0.6) is 0 Å². The van der Waals surface area contributed by atoms with Crippen LogP contribution in [-0.2, 0) is 11.3 Å². The lowest BCUT2D eigenvalue weighted by Gasteiger charge is -2.32. The number of hydrogen-bond acceptors (Lipinski definition) is 6. The molecule has 7 nitrogen and oxygen atoms in total. The fraction of sp³-hybridized carbons (Fsp3) is 0.435. The van der Waals surface area contributed by atoms with Crippen LogP contribution in [-0.4, -0.2) is 51.5 Å². The number of nitrogens with zero attached hydrogens (tertiary/aromatic N) is 4. The monoisotopic (exact) mass is 406 g/mol. The minimum absolute atomic E-state index is 0.279. The van der Waals surface area contributed by atoms with E-state index in [0.717, 1.165) is 55.1 Å². The van der Waals surface area contributed by atoms with Crippen molar-refractivity contribution >= 4 is 23.6 Å². The van der Waals surface area contributed by atoms with Gasteiger partial charge in [-0.2, -0.15) is 9.61 Å². The zero-order valence-corrected chi connectivity index (χ0v) is 17.7. The van der Waals surface area contributed by atoms with E-state index in [0.29, 0.717) is 19.0 Å². The summed E-state index contributed by atoms with van der Waals surface area (Å²) in [5, 5.41) is 11.7. The van der Waals surface area contributed by atoms with Crippen LogP contribution in [0.1, 0.15) is 43.7 Å². The average molecular weight is 407 g/mol. The summed E-state index contributed by atoms with van der Waals surface area (Å²) in [6.07, 6.45) is 5.05. The minimum atomic E-state index is 0.279. The number of anilines is 2. The van der Waals surface area contributed by atoms with E-state index in [4.69, 9.17) is 4.98 Å². The van der Waals surface area contributed by atoms with Crippen LogP contribution in [0.2, 0.25) is 0 Å². The van der Waals surface area contributed by atoms with Crippen molar-refractivity contribution in [3.8, 4) is 0 Å². The van der Waals surface area contributed by atoms with Crippen molar-refractivity contribution in [2.45, 2.75) is 45.2 Å². The normalized spacial score (nSPS) is 17.4. The highest BCUT2D eigenvalue weighted by atomic mass is 16.1. The Morgan fingerprint density at radius 3 is 2.87 bits per heavy atom. The van der Waals surface area contributed by atoms with E-state index in [-0.39, 0.29) is 6.04 Å². The molecule has 1 aromatic carbocycles. The summed E-state index contributed by atoms with van der Waals surface area (Å²) in [6, 6.07) is 12.6. The maximum absolute atomic E-state index is 10.9. The van der Waals surface area contributed by atoms with Gasteiger partial charge in [0.1, 0.15) is 17.9 Å². The molecule has 0 saturated carbocycles. The van der Waals surface area contributed by atoms with Crippen LogP contribution in [0.15, 0.2) is 42.6 Å². The van der Waals surface area contributed by atoms with Gasteiger partial charge in [-0.05, 0) is 30.9 Å². The summed E-state index contributed by atoms with van der Waals surface area (Å²) in [4.78, 5) is 18.0. The van der Waals surface area contributed by atoms with Crippen molar-refractivity contribution in [2.24, 2.45) is 0 Å². The third-order valence-electron chi connectivity index (χ3n) is 5.63. The van der Waals surface area contributed by atoms with Gasteiger partial charge in [-0.15, -0.1) is 0 Å². The number of rotatable bonds is 8. The number of carbonyl (C=O) groups is 1. The molecule has 1 aliphatic rings. The Labute approximate surface area is 177 Å². The third-order valence-corrected chi connectivity index (χ3v) is 5.63. The van der Waals surface area contributed by atoms with E-state index in [1.165, 1.54) is 5.56 Å². The molecule has 2 aromatic heterocycles. The number of aromatic nitrogens is 3. The van der Waals surface area contributed by atoms with Crippen LogP contribution in [0.4, 0.5) is 11.6 Å². The van der Waals surface area contributed by atoms with Gasteiger partial charge >= 0.3 is 0 Å². The molecule has 0 spiro atoms. The van der Waals surface area contributed by atoms with E-state index in [2.05, 4.69) is 46.6 Å². The van der Waals surface area contributed by atoms with Gasteiger partial charge in [-0.25, -0.2) is 4.98 Å². The van der Waals surface area contributed by atoms with Crippen molar-refractivity contribution in [3.63, 3.8) is 0 Å². The molecule has 158 valence electrons. The molecular formula is C23H30N6O. The minimum Gasteiger partial charge on any atom is -0.366 e. The van der Waals surface area contributed by atoms with Crippen molar-refractivity contribution in [2.75, 3.05) is 30.3 Å². The molecule has 0 bridgehead atoms. The highest BCUT2D eigenvalue weighted by Gasteiger charge is 2.21. The predicted molar refractivity (Wildman–Crippen MR) is 120 cm³/mol. The van der Waals surface area contributed by atoms with Gasteiger partial charge in [0.25, 0.3) is 0 Å². The first-order valence-electron chi connectivity index (χ1n) is 10.7. The first-order valence-corrected chi connectivity index (χ1v) is 10.7. The summed E-state index contributed by atoms with van der Waals surface area (Å²) in [5.41, 5.74) is 3.23. The molecule has 3 aromatic rings. The second kappa shape index (κ2) is 9.26. The van der Waals surface area contributed by atoms with Gasteiger partial charge in [0.2, 0.25) is 0 Å². The highest BCUT2D eigenvalue weighted by molar-refractivity contribution is 5.61. The summed E-state index contributed by atoms with van der Waals surface area (Å²) in [6.45, 7) is 7.37. The first kappa shape index (κ1) is 20.3. The topological polar surface area (TPSA) is 74.6 Å². The summed E-state index contributed by atoms with van der Waals surface area (Å²) < 4.78 is 1.89. The number of likely N-dealkylation sites (tertiary alicyclic amines) is 1. The number of carbonyl (C=O) groups excluding carboxylic acids is 1. The Bertz CT molecular complexity index is 984. The Morgan fingerprint density at radius 2 is 2.10 bits per heavy atom. The number of aldehydes is 1. The van der Waals surface area contributed by atoms with Crippen LogP contribution in [0.3, 0.4) is 0 Å². The Kier molecular flexibility index (Phi) is 6.28. The number of nitrogens with one attached hydrogen (secondary N) is 2. The van der Waals surface area contributed by atoms with E-state index in [1.54, 1.807) is 0 Å². The Morgan fingerprint density at radius 1 is 1.27 bits per heavy atom.